The van der Waals surface area contributed by atoms with Gasteiger partial charge in [0.1, 0.15) is 0 Å². The Morgan fingerprint density at radius 2 is 1.42 bits per heavy atom. The molecule has 0 aromatic heterocycles. The third kappa shape index (κ3) is 16.4. The Hall–Kier alpha value is -1.63. The van der Waals surface area contributed by atoms with E-state index in [9.17, 15) is 0 Å². The van der Waals surface area contributed by atoms with Crippen LogP contribution < -0.4 is 0 Å². The van der Waals surface area contributed by atoms with Crippen LogP contribution in [0.4, 0.5) is 0 Å². The molecule has 0 aliphatic carbocycles. The van der Waals surface area contributed by atoms with E-state index in [1.165, 1.54) is 12.5 Å². The van der Waals surface area contributed by atoms with E-state index in [2.05, 4.69) is 44.3 Å². The van der Waals surface area contributed by atoms with E-state index in [0.717, 1.165) is 32.8 Å². The van der Waals surface area contributed by atoms with Crippen molar-refractivity contribution in [1.29, 1.82) is 5.26 Å². The van der Waals surface area contributed by atoms with Crippen LogP contribution in [0.2, 0.25) is 0 Å². The number of benzene rings is 1. The summed E-state index contributed by atoms with van der Waals surface area (Å²) in [5.74, 6) is 0. The standard InChI is InChI=1S/C8H10.C4H8O2.C2H3N.C2H4/c1-2-8-6-4-3-5-7-8;1-2-6-4-3-5-1;1-2-3;1-2/h3-7H,2H2,1H3;1-4H2;1H3;1-2H2. The molecule has 106 valence electrons. The van der Waals surface area contributed by atoms with Crippen LogP contribution in [0.15, 0.2) is 43.5 Å². The highest BCUT2D eigenvalue weighted by molar-refractivity contribution is 5.13. The van der Waals surface area contributed by atoms with Gasteiger partial charge in [-0.2, -0.15) is 5.26 Å². The van der Waals surface area contributed by atoms with Crippen molar-refractivity contribution in [1.82, 2.24) is 0 Å². The van der Waals surface area contributed by atoms with Crippen LogP contribution in [-0.4, -0.2) is 26.4 Å². The highest BCUT2D eigenvalue weighted by Gasteiger charge is 1.94. The first kappa shape index (κ1) is 19.7. The predicted molar refractivity (Wildman–Crippen MR) is 80.0 cm³/mol. The number of ether oxygens (including phenoxy) is 2. The van der Waals surface area contributed by atoms with Crippen LogP contribution in [0.1, 0.15) is 19.4 Å². The van der Waals surface area contributed by atoms with E-state index in [1.807, 2.05) is 6.07 Å². The summed E-state index contributed by atoms with van der Waals surface area (Å²) in [4.78, 5) is 0. The minimum absolute atomic E-state index is 0.778. The fraction of sp³-hybridized carbons (Fsp3) is 0.438. The maximum absolute atomic E-state index is 7.32. The van der Waals surface area contributed by atoms with Crippen molar-refractivity contribution in [2.75, 3.05) is 26.4 Å². The first-order valence-electron chi connectivity index (χ1n) is 6.35. The van der Waals surface area contributed by atoms with Crippen LogP contribution >= 0.6 is 0 Å². The number of hydrogen-bond donors (Lipinski definition) is 0. The fourth-order valence-electron chi connectivity index (χ4n) is 1.15. The lowest BCUT2D eigenvalue weighted by Crippen LogP contribution is -2.16. The van der Waals surface area contributed by atoms with Crippen molar-refractivity contribution in [2.45, 2.75) is 20.3 Å². The van der Waals surface area contributed by atoms with Crippen molar-refractivity contribution in [2.24, 2.45) is 0 Å². The number of rotatable bonds is 1. The molecule has 1 fully saturated rings. The molecule has 0 saturated carbocycles. The van der Waals surface area contributed by atoms with Gasteiger partial charge in [0.05, 0.1) is 32.5 Å². The van der Waals surface area contributed by atoms with Gasteiger partial charge < -0.3 is 9.47 Å². The molecule has 0 radical (unpaired) electrons. The molecule has 0 atom stereocenters. The fourth-order valence-corrected chi connectivity index (χ4v) is 1.15. The molecule has 1 saturated heterocycles. The molecule has 0 bridgehead atoms. The van der Waals surface area contributed by atoms with Gasteiger partial charge in [-0.05, 0) is 12.0 Å². The molecule has 1 aliphatic rings. The van der Waals surface area contributed by atoms with E-state index in [1.54, 1.807) is 6.07 Å². The maximum atomic E-state index is 7.32. The lowest BCUT2D eigenvalue weighted by Gasteiger charge is -2.09. The third-order valence-corrected chi connectivity index (χ3v) is 2.00. The van der Waals surface area contributed by atoms with Crippen molar-refractivity contribution in [3.8, 4) is 6.07 Å². The lowest BCUT2D eigenvalue weighted by molar-refractivity contribution is -0.0334. The summed E-state index contributed by atoms with van der Waals surface area (Å²) in [6.07, 6.45) is 1.14. The zero-order valence-corrected chi connectivity index (χ0v) is 12.1. The largest absolute Gasteiger partial charge is 0.377 e. The normalized spacial score (nSPS) is 12.1. The highest BCUT2D eigenvalue weighted by Crippen LogP contribution is 1.96. The Kier molecular flexibility index (Phi) is 19.4. The van der Waals surface area contributed by atoms with E-state index < -0.39 is 0 Å². The third-order valence-electron chi connectivity index (χ3n) is 2.00. The van der Waals surface area contributed by atoms with Crippen LogP contribution in [0.3, 0.4) is 0 Å². The second kappa shape index (κ2) is 18.7. The van der Waals surface area contributed by atoms with Gasteiger partial charge in [-0.1, -0.05) is 37.3 Å². The molecule has 3 nitrogen and oxygen atoms in total. The number of nitrogens with zero attached hydrogens (tertiary/aromatic N) is 1. The average molecular weight is 263 g/mol. The molecule has 0 unspecified atom stereocenters. The van der Waals surface area contributed by atoms with Gasteiger partial charge in [-0.25, -0.2) is 0 Å². The molecule has 0 amide bonds. The number of nitriles is 1. The Balaban J connectivity index is 0. The Morgan fingerprint density at radius 3 is 1.63 bits per heavy atom. The Labute approximate surface area is 117 Å². The summed E-state index contributed by atoms with van der Waals surface area (Å²) in [5, 5.41) is 7.32. The van der Waals surface area contributed by atoms with Gasteiger partial charge in [-0.15, -0.1) is 13.2 Å². The smallest absolute Gasteiger partial charge is 0.0701 e. The van der Waals surface area contributed by atoms with Crippen LogP contribution in [0.25, 0.3) is 0 Å². The van der Waals surface area contributed by atoms with Crippen molar-refractivity contribution in [3.05, 3.63) is 49.1 Å². The van der Waals surface area contributed by atoms with Crippen LogP contribution in [0.5, 0.6) is 0 Å². The number of hydrogen-bond acceptors (Lipinski definition) is 3. The molecule has 1 heterocycles. The van der Waals surface area contributed by atoms with Crippen molar-refractivity contribution in [3.63, 3.8) is 0 Å². The zero-order chi connectivity index (χ0) is 14.8. The molecular formula is C16H25NO2. The second-order valence-electron chi connectivity index (χ2n) is 3.29. The molecule has 1 aromatic carbocycles. The van der Waals surface area contributed by atoms with E-state index in [-0.39, 0.29) is 0 Å². The summed E-state index contributed by atoms with van der Waals surface area (Å²) in [6, 6.07) is 12.2. The molecule has 0 N–H and O–H groups in total. The Bertz CT molecular complexity index is 291. The summed E-state index contributed by atoms with van der Waals surface area (Å²) in [5.41, 5.74) is 1.41. The van der Waals surface area contributed by atoms with Gasteiger partial charge in [0, 0.05) is 6.92 Å². The number of aryl methyl sites for hydroxylation is 1. The zero-order valence-electron chi connectivity index (χ0n) is 12.1. The first-order valence-corrected chi connectivity index (χ1v) is 6.35. The molecule has 0 spiro atoms. The van der Waals surface area contributed by atoms with Gasteiger partial charge in [0.15, 0.2) is 0 Å². The molecule has 1 aromatic rings. The molecular weight excluding hydrogens is 238 g/mol. The highest BCUT2D eigenvalue weighted by atomic mass is 16.6. The minimum atomic E-state index is 0.778. The van der Waals surface area contributed by atoms with E-state index >= 15 is 0 Å². The van der Waals surface area contributed by atoms with Gasteiger partial charge in [0.25, 0.3) is 0 Å². The summed E-state index contributed by atoms with van der Waals surface area (Å²) < 4.78 is 9.89. The predicted octanol–water partition coefficient (Wildman–Crippen LogP) is 3.61. The molecule has 1 aliphatic heterocycles. The van der Waals surface area contributed by atoms with Gasteiger partial charge >= 0.3 is 0 Å². The Morgan fingerprint density at radius 1 is 1.05 bits per heavy atom. The topological polar surface area (TPSA) is 42.2 Å². The monoisotopic (exact) mass is 263 g/mol. The van der Waals surface area contributed by atoms with E-state index in [0.29, 0.717) is 0 Å². The van der Waals surface area contributed by atoms with Crippen LogP contribution in [0, 0.1) is 11.3 Å². The summed E-state index contributed by atoms with van der Waals surface area (Å²) in [7, 11) is 0. The van der Waals surface area contributed by atoms with Gasteiger partial charge in [0.2, 0.25) is 0 Å². The summed E-state index contributed by atoms with van der Waals surface area (Å²) >= 11 is 0. The average Bonchev–Trinajstić information content (AvgIpc) is 2.53. The molecule has 2 rings (SSSR count). The minimum Gasteiger partial charge on any atom is -0.377 e. The van der Waals surface area contributed by atoms with E-state index in [4.69, 9.17) is 14.7 Å². The maximum Gasteiger partial charge on any atom is 0.0701 e. The summed E-state index contributed by atoms with van der Waals surface area (Å²) in [6.45, 7) is 12.7. The quantitative estimate of drug-likeness (QED) is 0.727. The first-order chi connectivity index (χ1) is 9.35. The second-order valence-corrected chi connectivity index (χ2v) is 3.29. The van der Waals surface area contributed by atoms with Crippen molar-refractivity contribution >= 4 is 0 Å². The lowest BCUT2D eigenvalue weighted by atomic mass is 10.2. The SMILES string of the molecule is C1COCCO1.C=C.CC#N.CCc1ccccc1. The van der Waals surface area contributed by atoms with Crippen LogP contribution in [-0.2, 0) is 15.9 Å². The van der Waals surface area contributed by atoms with Crippen molar-refractivity contribution < 1.29 is 9.47 Å². The molecule has 19 heavy (non-hydrogen) atoms. The van der Waals surface area contributed by atoms with Gasteiger partial charge in [-0.3, -0.25) is 0 Å². The molecule has 3 heteroatoms.